The molecule has 10 rings (SSSR count). The minimum Gasteiger partial charge on any atom is -0.455 e. The molecule has 0 saturated heterocycles. The van der Waals surface area contributed by atoms with E-state index >= 15 is 0 Å². The van der Waals surface area contributed by atoms with E-state index in [2.05, 4.69) is 199 Å². The van der Waals surface area contributed by atoms with Crippen LogP contribution in [-0.4, -0.2) is 4.57 Å². The first kappa shape index (κ1) is 36.2. The maximum Gasteiger partial charge on any atom is 0.143 e. The predicted molar refractivity (Wildman–Crippen MR) is 242 cm³/mol. The third kappa shape index (κ3) is 6.52. The average molecular weight is 727 g/mol. The Kier molecular flexibility index (Phi) is 10.2. The molecular formula is C53H46N2O. The van der Waals surface area contributed by atoms with Gasteiger partial charge in [-0.25, -0.2) is 0 Å². The van der Waals surface area contributed by atoms with Gasteiger partial charge in [-0.2, -0.15) is 0 Å². The van der Waals surface area contributed by atoms with Gasteiger partial charge in [-0.3, -0.25) is 0 Å². The van der Waals surface area contributed by atoms with Gasteiger partial charge in [0.2, 0.25) is 0 Å². The van der Waals surface area contributed by atoms with E-state index in [4.69, 9.17) is 4.42 Å². The predicted octanol–water partition coefficient (Wildman–Crippen LogP) is 15.8. The molecule has 274 valence electrons. The molecule has 56 heavy (non-hydrogen) atoms. The van der Waals surface area contributed by atoms with Crippen molar-refractivity contribution in [2.45, 2.75) is 34.6 Å². The minimum absolute atomic E-state index is 0.881. The summed E-state index contributed by atoms with van der Waals surface area (Å²) < 4.78 is 9.01. The van der Waals surface area contributed by atoms with Crippen LogP contribution in [-0.2, 0) is 0 Å². The molecule has 0 aliphatic rings. The Morgan fingerprint density at radius 2 is 1.02 bits per heavy atom. The molecule has 3 nitrogen and oxygen atoms in total. The first-order valence-electron chi connectivity index (χ1n) is 19.8. The van der Waals surface area contributed by atoms with Crippen LogP contribution >= 0.6 is 0 Å². The van der Waals surface area contributed by atoms with Gasteiger partial charge in [-0.1, -0.05) is 155 Å². The summed E-state index contributed by atoms with van der Waals surface area (Å²) in [4.78, 5) is 0. The molecule has 0 aliphatic carbocycles. The third-order valence-electron chi connectivity index (χ3n) is 10.3. The smallest absolute Gasteiger partial charge is 0.143 e. The number of hydrogen-bond acceptors (Lipinski definition) is 2. The molecule has 0 fully saturated rings. The Hall–Kier alpha value is -6.84. The van der Waals surface area contributed by atoms with Crippen molar-refractivity contribution in [3.63, 3.8) is 0 Å². The van der Waals surface area contributed by atoms with Crippen LogP contribution in [0, 0.1) is 6.92 Å². The fourth-order valence-corrected chi connectivity index (χ4v) is 7.85. The second kappa shape index (κ2) is 15.9. The highest BCUT2D eigenvalue weighted by Crippen LogP contribution is 2.40. The summed E-state index contributed by atoms with van der Waals surface area (Å²) in [5, 5.41) is 8.44. The van der Waals surface area contributed by atoms with Crippen molar-refractivity contribution in [3.05, 3.63) is 188 Å². The standard InChI is InChI=1S/C49H34N2O.2C2H6/c1-32-13-2-3-18-38(32)40-19-4-7-24-45(40)50-36-16-10-14-33(29-36)34-27-28-48-44(31-34)43-23-12-22-39(49(43)52-48)35-15-11-17-37(30-35)51-46-25-8-5-20-41(46)42-21-6-9-26-47(42)51;2*1-2/h2-31,50H,1H3;2*1-2H3. The molecule has 1 N–H and O–H groups in total. The van der Waals surface area contributed by atoms with Crippen LogP contribution in [0.2, 0.25) is 0 Å². The van der Waals surface area contributed by atoms with Crippen LogP contribution in [0.4, 0.5) is 11.4 Å². The number of fused-ring (bicyclic) bond motifs is 6. The molecule has 0 radical (unpaired) electrons. The maximum absolute atomic E-state index is 6.65. The lowest BCUT2D eigenvalue weighted by Crippen LogP contribution is -1.94. The number of hydrogen-bond donors (Lipinski definition) is 1. The van der Waals surface area contributed by atoms with Gasteiger partial charge in [0, 0.05) is 49.7 Å². The number of aromatic nitrogens is 1. The molecule has 2 aromatic heterocycles. The van der Waals surface area contributed by atoms with Crippen LogP contribution in [0.25, 0.3) is 82.8 Å². The van der Waals surface area contributed by atoms with Crippen LogP contribution in [0.3, 0.4) is 0 Å². The third-order valence-corrected chi connectivity index (χ3v) is 10.3. The van der Waals surface area contributed by atoms with Crippen LogP contribution < -0.4 is 5.32 Å². The number of nitrogens with one attached hydrogen (secondary N) is 1. The number of anilines is 2. The molecule has 8 aromatic carbocycles. The Morgan fingerprint density at radius 1 is 0.429 bits per heavy atom. The summed E-state index contributed by atoms with van der Waals surface area (Å²) in [5.41, 5.74) is 15.6. The van der Waals surface area contributed by atoms with E-state index in [1.54, 1.807) is 0 Å². The Balaban J connectivity index is 0.00000107. The molecule has 0 bridgehead atoms. The summed E-state index contributed by atoms with van der Waals surface area (Å²) in [7, 11) is 0. The quantitative estimate of drug-likeness (QED) is 0.185. The van der Waals surface area contributed by atoms with Crippen molar-refractivity contribution in [1.29, 1.82) is 0 Å². The molecule has 0 atom stereocenters. The number of rotatable bonds is 6. The maximum atomic E-state index is 6.65. The summed E-state index contributed by atoms with van der Waals surface area (Å²) in [6.07, 6.45) is 0. The van der Waals surface area contributed by atoms with Crippen molar-refractivity contribution in [2.75, 3.05) is 5.32 Å². The highest BCUT2D eigenvalue weighted by atomic mass is 16.3. The van der Waals surface area contributed by atoms with Crippen LogP contribution in [0.15, 0.2) is 186 Å². The normalized spacial score (nSPS) is 10.9. The molecule has 0 saturated carbocycles. The van der Waals surface area contributed by atoms with E-state index in [-0.39, 0.29) is 0 Å². The van der Waals surface area contributed by atoms with E-state index < -0.39 is 0 Å². The van der Waals surface area contributed by atoms with Crippen molar-refractivity contribution in [1.82, 2.24) is 4.57 Å². The lowest BCUT2D eigenvalue weighted by molar-refractivity contribution is 0.670. The summed E-state index contributed by atoms with van der Waals surface area (Å²) in [5.74, 6) is 0. The van der Waals surface area contributed by atoms with Gasteiger partial charge in [0.05, 0.1) is 11.0 Å². The van der Waals surface area contributed by atoms with E-state index in [0.29, 0.717) is 0 Å². The molecule has 0 unspecified atom stereocenters. The van der Waals surface area contributed by atoms with Gasteiger partial charge >= 0.3 is 0 Å². The molecule has 0 amide bonds. The van der Waals surface area contributed by atoms with Crippen LogP contribution in [0.5, 0.6) is 0 Å². The van der Waals surface area contributed by atoms with E-state index in [9.17, 15) is 0 Å². The molecule has 2 heterocycles. The molecular weight excluding hydrogens is 681 g/mol. The Morgan fingerprint density at radius 3 is 1.79 bits per heavy atom. The fourth-order valence-electron chi connectivity index (χ4n) is 7.85. The minimum atomic E-state index is 0.881. The van der Waals surface area contributed by atoms with Crippen molar-refractivity contribution in [3.8, 4) is 39.1 Å². The lowest BCUT2D eigenvalue weighted by Gasteiger charge is -2.15. The van der Waals surface area contributed by atoms with Crippen LogP contribution in [0.1, 0.15) is 33.3 Å². The van der Waals surface area contributed by atoms with Gasteiger partial charge in [0.1, 0.15) is 11.2 Å². The zero-order valence-corrected chi connectivity index (χ0v) is 32.7. The van der Waals surface area contributed by atoms with Gasteiger partial charge in [-0.05, 0) is 89.3 Å². The topological polar surface area (TPSA) is 30.1 Å². The highest BCUT2D eigenvalue weighted by molar-refractivity contribution is 6.11. The summed E-state index contributed by atoms with van der Waals surface area (Å²) >= 11 is 0. The number of para-hydroxylation sites is 4. The fraction of sp³-hybridized carbons (Fsp3) is 0.0943. The van der Waals surface area contributed by atoms with Gasteiger partial charge in [-0.15, -0.1) is 0 Å². The highest BCUT2D eigenvalue weighted by Gasteiger charge is 2.16. The summed E-state index contributed by atoms with van der Waals surface area (Å²) in [6.45, 7) is 10.2. The zero-order valence-electron chi connectivity index (χ0n) is 32.7. The van der Waals surface area contributed by atoms with E-state index in [1.807, 2.05) is 27.7 Å². The number of aryl methyl sites for hydroxylation is 1. The van der Waals surface area contributed by atoms with Gasteiger partial charge in [0.15, 0.2) is 0 Å². The lowest BCUT2D eigenvalue weighted by atomic mass is 9.98. The van der Waals surface area contributed by atoms with Crippen molar-refractivity contribution >= 4 is 55.1 Å². The first-order valence-corrected chi connectivity index (χ1v) is 19.8. The Labute approximate surface area is 329 Å². The first-order chi connectivity index (χ1) is 27.7. The number of benzene rings is 8. The number of furan rings is 1. The van der Waals surface area contributed by atoms with Crippen molar-refractivity contribution < 1.29 is 4.42 Å². The molecule has 0 aliphatic heterocycles. The zero-order chi connectivity index (χ0) is 38.6. The van der Waals surface area contributed by atoms with Gasteiger partial charge < -0.3 is 14.3 Å². The van der Waals surface area contributed by atoms with E-state index in [0.717, 1.165) is 61.3 Å². The second-order valence-electron chi connectivity index (χ2n) is 13.5. The molecule has 3 heteroatoms. The second-order valence-corrected chi connectivity index (χ2v) is 13.5. The molecule has 0 spiro atoms. The summed E-state index contributed by atoms with van der Waals surface area (Å²) in [6, 6.07) is 64.8. The Bertz CT molecular complexity index is 2910. The average Bonchev–Trinajstić information content (AvgIpc) is 3.81. The SMILES string of the molecule is CC.CC.Cc1ccccc1-c1ccccc1Nc1cccc(-c2ccc3oc4c(-c5cccc(-n6c7ccccc7c7ccccc76)c5)cccc4c3c2)c1. The molecule has 10 aromatic rings. The largest absolute Gasteiger partial charge is 0.455 e. The number of nitrogens with zero attached hydrogens (tertiary/aromatic N) is 1. The monoisotopic (exact) mass is 726 g/mol. The van der Waals surface area contributed by atoms with E-state index in [1.165, 1.54) is 38.5 Å². The van der Waals surface area contributed by atoms with Crippen molar-refractivity contribution in [2.24, 2.45) is 0 Å². The van der Waals surface area contributed by atoms with Gasteiger partial charge in [0.25, 0.3) is 0 Å².